The monoisotopic (exact) mass is 916 g/mol. The van der Waals surface area contributed by atoms with Gasteiger partial charge in [-0.15, -0.1) is 0 Å². The molecule has 0 aromatic carbocycles. The van der Waals surface area contributed by atoms with Crippen molar-refractivity contribution in [3.05, 3.63) is 85.1 Å². The quantitative estimate of drug-likeness (QED) is 0.0167. The van der Waals surface area contributed by atoms with Gasteiger partial charge in [0.2, 0.25) is 0 Å². The number of aliphatic hydroxyl groups excluding tert-OH is 2. The molecule has 0 aliphatic heterocycles. The molecule has 62 heavy (non-hydrogen) atoms. The van der Waals surface area contributed by atoms with Gasteiger partial charge in [0.25, 0.3) is 0 Å². The Hall–Kier alpha value is -2.74. The maximum atomic E-state index is 12.7. The van der Waals surface area contributed by atoms with E-state index in [-0.39, 0.29) is 19.4 Å². The van der Waals surface area contributed by atoms with Gasteiger partial charge in [-0.25, -0.2) is 9.13 Å². The first kappa shape index (κ1) is 59.3. The van der Waals surface area contributed by atoms with Crippen molar-refractivity contribution in [3.63, 3.8) is 0 Å². The highest BCUT2D eigenvalue weighted by Gasteiger charge is 2.28. The first-order chi connectivity index (χ1) is 29.9. The topological polar surface area (TPSA) is 216 Å². The van der Waals surface area contributed by atoms with E-state index in [1.54, 1.807) is 0 Å². The lowest BCUT2D eigenvalue weighted by molar-refractivity contribution is -0.161. The van der Waals surface area contributed by atoms with Crippen LogP contribution in [0.4, 0.5) is 0 Å². The first-order valence-electron chi connectivity index (χ1n) is 22.4. The fraction of sp³-hybridized carbons (Fsp3) is 0.652. The van der Waals surface area contributed by atoms with Gasteiger partial charge < -0.3 is 34.4 Å². The largest absolute Gasteiger partial charge is 0.472 e. The van der Waals surface area contributed by atoms with Gasteiger partial charge in [0.1, 0.15) is 12.7 Å². The Morgan fingerprint density at radius 3 is 1.42 bits per heavy atom. The van der Waals surface area contributed by atoms with Crippen molar-refractivity contribution in [1.29, 1.82) is 0 Å². The van der Waals surface area contributed by atoms with Crippen LogP contribution in [0.15, 0.2) is 85.1 Å². The summed E-state index contributed by atoms with van der Waals surface area (Å²) in [6.07, 6.45) is 45.9. The van der Waals surface area contributed by atoms with Gasteiger partial charge in [-0.3, -0.25) is 23.2 Å². The van der Waals surface area contributed by atoms with E-state index in [0.717, 1.165) is 89.9 Å². The predicted octanol–water partition coefficient (Wildman–Crippen LogP) is 10.5. The Morgan fingerprint density at radius 1 is 0.500 bits per heavy atom. The molecule has 0 saturated carbocycles. The van der Waals surface area contributed by atoms with E-state index in [2.05, 4.69) is 88.9 Å². The molecular weight excluding hydrogens is 838 g/mol. The number of hydrogen-bond acceptors (Lipinski definition) is 11. The van der Waals surface area contributed by atoms with E-state index < -0.39 is 66.2 Å². The molecular formula is C46H78O14P2. The van der Waals surface area contributed by atoms with Crippen molar-refractivity contribution < 1.29 is 66.7 Å². The van der Waals surface area contributed by atoms with Gasteiger partial charge in [-0.2, -0.15) is 0 Å². The molecule has 0 aromatic rings. The maximum Gasteiger partial charge on any atom is 0.472 e. The Morgan fingerprint density at radius 2 is 0.919 bits per heavy atom. The maximum absolute atomic E-state index is 12.7. The van der Waals surface area contributed by atoms with Crippen molar-refractivity contribution in [1.82, 2.24) is 0 Å². The van der Waals surface area contributed by atoms with Crippen molar-refractivity contribution >= 4 is 27.6 Å². The number of carbonyl (C=O) groups is 2. The number of carbonyl (C=O) groups excluding carboxylic acids is 2. The highest BCUT2D eigenvalue weighted by Crippen LogP contribution is 2.43. The van der Waals surface area contributed by atoms with Gasteiger partial charge in [-0.1, -0.05) is 124 Å². The summed E-state index contributed by atoms with van der Waals surface area (Å²) in [4.78, 5) is 52.7. The van der Waals surface area contributed by atoms with Crippen LogP contribution in [0.1, 0.15) is 148 Å². The van der Waals surface area contributed by atoms with E-state index in [1.165, 1.54) is 19.3 Å². The average molecular weight is 917 g/mol. The third-order valence-electron chi connectivity index (χ3n) is 8.80. The van der Waals surface area contributed by atoms with Crippen LogP contribution < -0.4 is 0 Å². The standard InChI is InChI=1S/C46H78O14P2/c1-2-3-4-5-6-7-8-9-10-12-16-19-22-25-28-31-34-37-46(50)60-44(42-59-62(54,55)58-40-43(48)39-57-61(51,52)53)41-56-45(49)36-33-30-27-24-21-18-15-13-11-14-17-20-23-26-29-32-35-38-47/h6-7,9-11,14-16,18-20,23-24,27,43-44,47-48H,2-5,8,12-13,17,21-22,25-26,28-42H2,1H3,(H,54,55)(H2,51,52,53)/b7-6-,10-9-,14-11-,18-15-,19-16-,23-20-,27-24-/t43-,44+/m0/s1. The van der Waals surface area contributed by atoms with E-state index in [0.29, 0.717) is 19.3 Å². The van der Waals surface area contributed by atoms with Crippen LogP contribution in [0, 0.1) is 0 Å². The summed E-state index contributed by atoms with van der Waals surface area (Å²) in [7, 11) is -9.72. The Bertz CT molecular complexity index is 1420. The molecule has 0 saturated heterocycles. The first-order valence-corrected chi connectivity index (χ1v) is 25.4. The number of ether oxygens (including phenoxy) is 2. The van der Waals surface area contributed by atoms with Gasteiger partial charge >= 0.3 is 27.6 Å². The molecule has 0 aliphatic carbocycles. The number of phosphoric ester groups is 2. The van der Waals surface area contributed by atoms with Crippen molar-refractivity contribution in [2.75, 3.05) is 33.0 Å². The van der Waals surface area contributed by atoms with Crippen LogP contribution in [0.5, 0.6) is 0 Å². The molecule has 0 aliphatic rings. The van der Waals surface area contributed by atoms with Crippen LogP contribution >= 0.6 is 15.6 Å². The molecule has 0 heterocycles. The third kappa shape index (κ3) is 45.3. The average Bonchev–Trinajstić information content (AvgIpc) is 3.23. The number of aliphatic hydroxyl groups is 2. The second-order valence-electron chi connectivity index (χ2n) is 14.7. The lowest BCUT2D eigenvalue weighted by Crippen LogP contribution is -2.30. The fourth-order valence-corrected chi connectivity index (χ4v) is 6.54. The smallest absolute Gasteiger partial charge is 0.462 e. The zero-order chi connectivity index (χ0) is 45.8. The summed E-state index contributed by atoms with van der Waals surface area (Å²) in [5.74, 6) is -1.14. The zero-order valence-electron chi connectivity index (χ0n) is 37.1. The Kier molecular flexibility index (Phi) is 40.4. The normalized spacial score (nSPS) is 14.7. The molecule has 14 nitrogen and oxygen atoms in total. The summed E-state index contributed by atoms with van der Waals surface area (Å²) in [6, 6.07) is 0. The van der Waals surface area contributed by atoms with Crippen LogP contribution in [0.25, 0.3) is 0 Å². The number of hydrogen-bond donors (Lipinski definition) is 5. The van der Waals surface area contributed by atoms with E-state index in [9.17, 15) is 28.7 Å². The lowest BCUT2D eigenvalue weighted by atomic mass is 10.1. The lowest BCUT2D eigenvalue weighted by Gasteiger charge is -2.20. The van der Waals surface area contributed by atoms with Crippen LogP contribution in [-0.4, -0.2) is 82.1 Å². The molecule has 3 atom stereocenters. The molecule has 0 bridgehead atoms. The van der Waals surface area contributed by atoms with Crippen molar-refractivity contribution in [2.24, 2.45) is 0 Å². The summed E-state index contributed by atoms with van der Waals surface area (Å²) < 4.78 is 47.7. The minimum Gasteiger partial charge on any atom is -0.462 e. The highest BCUT2D eigenvalue weighted by molar-refractivity contribution is 7.47. The number of phosphoric acid groups is 2. The van der Waals surface area contributed by atoms with E-state index >= 15 is 0 Å². The highest BCUT2D eigenvalue weighted by atomic mass is 31.2. The van der Waals surface area contributed by atoms with Crippen molar-refractivity contribution in [3.8, 4) is 0 Å². The van der Waals surface area contributed by atoms with Crippen molar-refractivity contribution in [2.45, 2.75) is 160 Å². The number of esters is 2. The number of rotatable bonds is 42. The molecule has 0 radical (unpaired) electrons. The van der Waals surface area contributed by atoms with Gasteiger partial charge in [0, 0.05) is 19.4 Å². The molecule has 16 heteroatoms. The van der Waals surface area contributed by atoms with E-state index in [1.807, 2.05) is 12.2 Å². The molecule has 0 aromatic heterocycles. The van der Waals surface area contributed by atoms with Crippen LogP contribution in [0.3, 0.4) is 0 Å². The number of allylic oxidation sites excluding steroid dienone is 14. The minimum absolute atomic E-state index is 0.0841. The van der Waals surface area contributed by atoms with Crippen LogP contribution in [-0.2, 0) is 41.8 Å². The summed E-state index contributed by atoms with van der Waals surface area (Å²) >= 11 is 0. The Labute approximate surface area is 371 Å². The zero-order valence-corrected chi connectivity index (χ0v) is 38.9. The van der Waals surface area contributed by atoms with Gasteiger partial charge in [-0.05, 0) is 96.3 Å². The molecule has 5 N–H and O–H groups in total. The number of unbranched alkanes of at least 4 members (excludes halogenated alkanes) is 11. The molecule has 0 amide bonds. The molecule has 0 rings (SSSR count). The molecule has 0 spiro atoms. The summed E-state index contributed by atoms with van der Waals surface area (Å²) in [5, 5.41) is 18.5. The fourth-order valence-electron chi connectivity index (χ4n) is 5.38. The third-order valence-corrected chi connectivity index (χ3v) is 10.2. The second kappa shape index (κ2) is 42.2. The molecule has 1 unspecified atom stereocenters. The van der Waals surface area contributed by atoms with E-state index in [4.69, 9.17) is 28.9 Å². The minimum atomic E-state index is -4.88. The summed E-state index contributed by atoms with van der Waals surface area (Å²) in [5.41, 5.74) is 0. The summed E-state index contributed by atoms with van der Waals surface area (Å²) in [6.45, 7) is -0.365. The van der Waals surface area contributed by atoms with Gasteiger partial charge in [0.05, 0.1) is 19.8 Å². The second-order valence-corrected chi connectivity index (χ2v) is 17.4. The molecule has 0 fully saturated rings. The predicted molar refractivity (Wildman–Crippen MR) is 245 cm³/mol. The van der Waals surface area contributed by atoms with Gasteiger partial charge in [0.15, 0.2) is 6.10 Å². The van der Waals surface area contributed by atoms with Crippen LogP contribution in [0.2, 0.25) is 0 Å². The SMILES string of the molecule is CCCCC/C=C\C/C=C\C/C=C\CCCCCCC(=O)O[C@H](COC(=O)CCC/C=C\C/C=C\C/C=C\C/C=C\CCCCCO)COP(=O)(O)OC[C@@H](O)COP(=O)(O)O. The molecule has 356 valence electrons. The Balaban J connectivity index is 4.65.